The highest BCUT2D eigenvalue weighted by molar-refractivity contribution is 5.99. The van der Waals surface area contributed by atoms with Crippen LogP contribution >= 0.6 is 0 Å². The Morgan fingerprint density at radius 3 is 2.06 bits per heavy atom. The van der Waals surface area contributed by atoms with Crippen LogP contribution in [-0.2, 0) is 0 Å². The normalized spacial score (nSPS) is 10.9. The molecule has 6 heteroatoms. The largest absolute Gasteiger partial charge is 0.478 e. The second kappa shape index (κ2) is 4.92. The summed E-state index contributed by atoms with van der Waals surface area (Å²) in [5.41, 5.74) is 11.8. The lowest BCUT2D eigenvalue weighted by Crippen LogP contribution is -2.22. The van der Waals surface area contributed by atoms with Crippen molar-refractivity contribution in [2.45, 2.75) is 6.92 Å². The molecular weight excluding hydrogens is 208 g/mol. The van der Waals surface area contributed by atoms with E-state index < -0.39 is 5.97 Å². The summed E-state index contributed by atoms with van der Waals surface area (Å²) in [6, 6.07) is 6.27. The first-order valence-corrected chi connectivity index (χ1v) is 4.47. The number of guanidine groups is 1. The van der Waals surface area contributed by atoms with Crippen molar-refractivity contribution in [3.63, 3.8) is 0 Å². The number of benzene rings is 1. The molecule has 0 aliphatic carbocycles. The molecule has 0 bridgehead atoms. The fraction of sp³-hybridized carbons (Fsp3) is 0.100. The lowest BCUT2D eigenvalue weighted by molar-refractivity contribution is 0.0697. The maximum absolute atomic E-state index is 10.6. The highest BCUT2D eigenvalue weighted by Crippen LogP contribution is 2.06. The number of carboxylic acids is 1. The number of rotatable bonds is 3. The smallest absolute Gasteiger partial charge is 0.335 e. The van der Waals surface area contributed by atoms with E-state index in [0.717, 1.165) is 5.56 Å². The first kappa shape index (κ1) is 11.7. The van der Waals surface area contributed by atoms with E-state index in [2.05, 4.69) is 10.2 Å². The zero-order valence-corrected chi connectivity index (χ0v) is 8.71. The van der Waals surface area contributed by atoms with E-state index in [1.807, 2.05) is 0 Å². The molecule has 0 aliphatic heterocycles. The van der Waals surface area contributed by atoms with Gasteiger partial charge < -0.3 is 16.6 Å². The fourth-order valence-corrected chi connectivity index (χ4v) is 1.04. The average Bonchev–Trinajstić information content (AvgIpc) is 2.26. The SMILES string of the molecule is C/C(=N\N=C(N)N)c1ccc(C(=O)O)cc1. The summed E-state index contributed by atoms with van der Waals surface area (Å²) >= 11 is 0. The van der Waals surface area contributed by atoms with Crippen molar-refractivity contribution in [1.29, 1.82) is 0 Å². The van der Waals surface area contributed by atoms with Gasteiger partial charge in [-0.3, -0.25) is 0 Å². The van der Waals surface area contributed by atoms with E-state index in [1.165, 1.54) is 12.1 Å². The van der Waals surface area contributed by atoms with Crippen molar-refractivity contribution in [3.05, 3.63) is 35.4 Å². The number of nitrogens with two attached hydrogens (primary N) is 2. The lowest BCUT2D eigenvalue weighted by Gasteiger charge is -1.99. The minimum atomic E-state index is -0.967. The van der Waals surface area contributed by atoms with Gasteiger partial charge in [-0.15, -0.1) is 5.10 Å². The third kappa shape index (κ3) is 3.09. The van der Waals surface area contributed by atoms with E-state index in [0.29, 0.717) is 5.71 Å². The number of carbonyl (C=O) groups is 1. The third-order valence-electron chi connectivity index (χ3n) is 1.87. The molecule has 0 saturated carbocycles. The van der Waals surface area contributed by atoms with Crippen molar-refractivity contribution in [3.8, 4) is 0 Å². The second-order valence-electron chi connectivity index (χ2n) is 3.09. The molecule has 0 saturated heterocycles. The molecule has 0 spiro atoms. The summed E-state index contributed by atoms with van der Waals surface area (Å²) < 4.78 is 0. The number of carboxylic acid groups (broad SMARTS) is 1. The molecule has 5 N–H and O–H groups in total. The van der Waals surface area contributed by atoms with Gasteiger partial charge in [-0.05, 0) is 24.6 Å². The minimum Gasteiger partial charge on any atom is -0.478 e. The first-order valence-electron chi connectivity index (χ1n) is 4.47. The summed E-state index contributed by atoms with van der Waals surface area (Å²) in [5.74, 6) is -1.09. The van der Waals surface area contributed by atoms with Crippen molar-refractivity contribution in [1.82, 2.24) is 0 Å². The van der Waals surface area contributed by atoms with Crippen LogP contribution in [0.5, 0.6) is 0 Å². The molecule has 1 rings (SSSR count). The van der Waals surface area contributed by atoms with Crippen molar-refractivity contribution in [2.24, 2.45) is 21.7 Å². The third-order valence-corrected chi connectivity index (χ3v) is 1.87. The van der Waals surface area contributed by atoms with Gasteiger partial charge in [0.05, 0.1) is 11.3 Å². The van der Waals surface area contributed by atoms with Gasteiger partial charge in [0.25, 0.3) is 0 Å². The molecule has 0 fully saturated rings. The molecule has 0 heterocycles. The Kier molecular flexibility index (Phi) is 3.60. The topological polar surface area (TPSA) is 114 Å². The molecular formula is C10H12N4O2. The summed E-state index contributed by atoms with van der Waals surface area (Å²) in [6.07, 6.45) is 0. The van der Waals surface area contributed by atoms with Crippen molar-refractivity contribution in [2.75, 3.05) is 0 Å². The zero-order valence-electron chi connectivity index (χ0n) is 8.71. The highest BCUT2D eigenvalue weighted by Gasteiger charge is 2.02. The molecule has 6 nitrogen and oxygen atoms in total. The Labute approximate surface area is 92.3 Å². The summed E-state index contributed by atoms with van der Waals surface area (Å²) in [5, 5.41) is 16.0. The van der Waals surface area contributed by atoms with Gasteiger partial charge in [-0.25, -0.2) is 4.79 Å². The molecule has 0 aromatic heterocycles. The highest BCUT2D eigenvalue weighted by atomic mass is 16.4. The van der Waals surface area contributed by atoms with Crippen LogP contribution in [0, 0.1) is 0 Å². The maximum Gasteiger partial charge on any atom is 0.335 e. The van der Waals surface area contributed by atoms with E-state index in [1.54, 1.807) is 19.1 Å². The molecule has 0 aliphatic rings. The van der Waals surface area contributed by atoms with Crippen LogP contribution in [0.2, 0.25) is 0 Å². The van der Waals surface area contributed by atoms with Gasteiger partial charge in [-0.2, -0.15) is 5.10 Å². The van der Waals surface area contributed by atoms with Gasteiger partial charge in [0.15, 0.2) is 0 Å². The molecule has 0 radical (unpaired) electrons. The van der Waals surface area contributed by atoms with Crippen LogP contribution in [-0.4, -0.2) is 22.7 Å². The van der Waals surface area contributed by atoms with E-state index in [9.17, 15) is 4.79 Å². The van der Waals surface area contributed by atoms with Crippen molar-refractivity contribution < 1.29 is 9.90 Å². The Bertz CT molecular complexity index is 444. The number of aromatic carboxylic acids is 1. The average molecular weight is 220 g/mol. The van der Waals surface area contributed by atoms with Crippen LogP contribution in [0.3, 0.4) is 0 Å². The fourth-order valence-electron chi connectivity index (χ4n) is 1.04. The molecule has 16 heavy (non-hydrogen) atoms. The summed E-state index contributed by atoms with van der Waals surface area (Å²) in [7, 11) is 0. The van der Waals surface area contributed by atoms with Crippen LogP contribution < -0.4 is 11.5 Å². The zero-order chi connectivity index (χ0) is 12.1. The molecule has 1 aromatic carbocycles. The number of hydrogen-bond donors (Lipinski definition) is 3. The van der Waals surface area contributed by atoms with Crippen LogP contribution in [0.25, 0.3) is 0 Å². The second-order valence-corrected chi connectivity index (χ2v) is 3.09. The van der Waals surface area contributed by atoms with Crippen LogP contribution in [0.4, 0.5) is 0 Å². The number of hydrogen-bond acceptors (Lipinski definition) is 3. The van der Waals surface area contributed by atoms with Gasteiger partial charge in [-0.1, -0.05) is 12.1 Å². The molecule has 1 aromatic rings. The van der Waals surface area contributed by atoms with Gasteiger partial charge in [0.1, 0.15) is 0 Å². The van der Waals surface area contributed by atoms with E-state index >= 15 is 0 Å². The monoisotopic (exact) mass is 220 g/mol. The Hall–Kier alpha value is -2.37. The van der Waals surface area contributed by atoms with Crippen LogP contribution in [0.15, 0.2) is 34.5 Å². The maximum atomic E-state index is 10.6. The van der Waals surface area contributed by atoms with Crippen molar-refractivity contribution >= 4 is 17.6 Å². The standard InChI is InChI=1S/C10H12N4O2/c1-6(13-14-10(11)12)7-2-4-8(5-3-7)9(15)16/h2-5H,1H3,(H,15,16)(H4,11,12,14)/b13-6+. The molecule has 0 amide bonds. The van der Waals surface area contributed by atoms with Crippen LogP contribution in [0.1, 0.15) is 22.8 Å². The van der Waals surface area contributed by atoms with Gasteiger partial charge in [0, 0.05) is 0 Å². The van der Waals surface area contributed by atoms with Gasteiger partial charge in [0.2, 0.25) is 5.96 Å². The number of nitrogens with zero attached hydrogens (tertiary/aromatic N) is 2. The molecule has 84 valence electrons. The molecule has 0 unspecified atom stereocenters. The lowest BCUT2D eigenvalue weighted by atomic mass is 10.1. The quantitative estimate of drug-likeness (QED) is 0.388. The van der Waals surface area contributed by atoms with Gasteiger partial charge >= 0.3 is 5.97 Å². The predicted octanol–water partition coefficient (Wildman–Crippen LogP) is 0.382. The minimum absolute atomic E-state index is 0.124. The first-order chi connectivity index (χ1) is 7.50. The summed E-state index contributed by atoms with van der Waals surface area (Å²) in [4.78, 5) is 10.6. The Morgan fingerprint density at radius 2 is 1.62 bits per heavy atom. The molecule has 0 atom stereocenters. The Morgan fingerprint density at radius 1 is 1.12 bits per heavy atom. The van der Waals surface area contributed by atoms with E-state index in [4.69, 9.17) is 16.6 Å². The predicted molar refractivity (Wildman–Crippen MR) is 61.4 cm³/mol. The Balaban J connectivity index is 2.94. The van der Waals surface area contributed by atoms with E-state index in [-0.39, 0.29) is 11.5 Å². The summed E-state index contributed by atoms with van der Waals surface area (Å²) in [6.45, 7) is 1.72.